The Morgan fingerprint density at radius 2 is 1.83 bits per heavy atom. The van der Waals surface area contributed by atoms with Crippen molar-refractivity contribution >= 4 is 17.3 Å². The van der Waals surface area contributed by atoms with E-state index in [1.807, 2.05) is 26.0 Å². The van der Waals surface area contributed by atoms with Crippen LogP contribution in [-0.2, 0) is 11.3 Å². The quantitative estimate of drug-likeness (QED) is 0.456. The molecule has 166 valence electrons. The third-order valence-electron chi connectivity index (χ3n) is 6.69. The lowest BCUT2D eigenvalue weighted by Gasteiger charge is -2.37. The Morgan fingerprint density at radius 3 is 2.37 bits per heavy atom. The number of nitrogens with one attached hydrogen (secondary N) is 1. The first-order valence-electron chi connectivity index (χ1n) is 10.8. The zero-order valence-electron chi connectivity index (χ0n) is 17.8. The summed E-state index contributed by atoms with van der Waals surface area (Å²) >= 11 is 0. The highest BCUT2D eigenvalue weighted by molar-refractivity contribution is 5.70. The van der Waals surface area contributed by atoms with Crippen LogP contribution in [0.4, 0.5) is 11.4 Å². The van der Waals surface area contributed by atoms with Crippen molar-refractivity contribution in [3.05, 3.63) is 33.9 Å². The van der Waals surface area contributed by atoms with E-state index in [2.05, 4.69) is 10.2 Å². The van der Waals surface area contributed by atoms with Crippen molar-refractivity contribution in [2.75, 3.05) is 18.4 Å². The van der Waals surface area contributed by atoms with E-state index in [0.29, 0.717) is 37.3 Å². The molecule has 1 heterocycles. The lowest BCUT2D eigenvalue weighted by atomic mass is 9.83. The number of likely N-dealkylation sites (tertiary alicyclic amines) is 1. The first kappa shape index (κ1) is 22.5. The summed E-state index contributed by atoms with van der Waals surface area (Å²) in [6, 6.07) is 5.29. The van der Waals surface area contributed by atoms with Gasteiger partial charge in [-0.3, -0.25) is 19.8 Å². The number of anilines is 1. The number of hydrogen-bond donors (Lipinski definition) is 3. The number of aliphatic hydroxyl groups is 1. The van der Waals surface area contributed by atoms with Crippen LogP contribution in [0.15, 0.2) is 18.2 Å². The molecular weight excluding hydrogens is 386 g/mol. The summed E-state index contributed by atoms with van der Waals surface area (Å²) in [6.07, 6.45) is 4.46. The van der Waals surface area contributed by atoms with Gasteiger partial charge in [-0.25, -0.2) is 0 Å². The van der Waals surface area contributed by atoms with E-state index in [4.69, 9.17) is 5.11 Å². The summed E-state index contributed by atoms with van der Waals surface area (Å²) in [4.78, 5) is 24.6. The summed E-state index contributed by atoms with van der Waals surface area (Å²) < 4.78 is 0. The maximum absolute atomic E-state index is 11.5. The molecule has 0 spiro atoms. The molecule has 0 aromatic heterocycles. The second-order valence-corrected chi connectivity index (χ2v) is 9.34. The highest BCUT2D eigenvalue weighted by Crippen LogP contribution is 2.33. The Hall–Kier alpha value is -2.19. The standard InChI is InChI=1S/C22H33N3O5/c1-22(2,28)17-9-11-24(12-10-17)14-15-3-8-20(25(29)30)19(13-15)23-18-6-4-16(5-7-18)21(26)27/h3,8,13,16-18,23,28H,4-7,9-12,14H2,1-2H3,(H,26,27). The molecule has 1 aromatic carbocycles. The molecule has 30 heavy (non-hydrogen) atoms. The number of aliphatic carboxylic acids is 1. The Kier molecular flexibility index (Phi) is 6.98. The first-order chi connectivity index (χ1) is 14.1. The van der Waals surface area contributed by atoms with Crippen LogP contribution < -0.4 is 5.32 Å². The minimum absolute atomic E-state index is 0.0529. The van der Waals surface area contributed by atoms with Crippen molar-refractivity contribution in [1.82, 2.24) is 4.90 Å². The van der Waals surface area contributed by atoms with Crippen LogP contribution in [0, 0.1) is 22.0 Å². The molecule has 0 unspecified atom stereocenters. The van der Waals surface area contributed by atoms with Crippen LogP contribution in [0.25, 0.3) is 0 Å². The number of piperidine rings is 1. The molecule has 3 rings (SSSR count). The van der Waals surface area contributed by atoms with Crippen molar-refractivity contribution in [2.45, 2.75) is 70.6 Å². The lowest BCUT2D eigenvalue weighted by Crippen LogP contribution is -2.41. The number of carbonyl (C=O) groups is 1. The van der Waals surface area contributed by atoms with E-state index in [9.17, 15) is 20.0 Å². The monoisotopic (exact) mass is 419 g/mol. The first-order valence-corrected chi connectivity index (χ1v) is 10.8. The fourth-order valence-corrected chi connectivity index (χ4v) is 4.72. The van der Waals surface area contributed by atoms with Gasteiger partial charge in [0, 0.05) is 18.7 Å². The molecule has 1 aliphatic heterocycles. The molecule has 0 bridgehead atoms. The number of carboxylic acid groups (broad SMARTS) is 1. The van der Waals surface area contributed by atoms with Crippen LogP contribution in [0.3, 0.4) is 0 Å². The summed E-state index contributed by atoms with van der Waals surface area (Å²) in [5.74, 6) is -0.769. The molecule has 1 aliphatic carbocycles. The Balaban J connectivity index is 1.64. The largest absolute Gasteiger partial charge is 0.481 e. The zero-order chi connectivity index (χ0) is 21.9. The second-order valence-electron chi connectivity index (χ2n) is 9.34. The zero-order valence-corrected chi connectivity index (χ0v) is 17.8. The molecule has 0 radical (unpaired) electrons. The van der Waals surface area contributed by atoms with E-state index < -0.39 is 11.6 Å². The van der Waals surface area contributed by atoms with Crippen LogP contribution in [0.1, 0.15) is 57.9 Å². The lowest BCUT2D eigenvalue weighted by molar-refractivity contribution is -0.384. The van der Waals surface area contributed by atoms with Gasteiger partial charge >= 0.3 is 5.97 Å². The SMILES string of the molecule is CC(C)(O)C1CCN(Cc2ccc([N+](=O)[O-])c(NC3CCC(C(=O)O)CC3)c2)CC1. The predicted molar refractivity (Wildman–Crippen MR) is 114 cm³/mol. The molecule has 3 N–H and O–H groups in total. The molecule has 8 nitrogen and oxygen atoms in total. The number of hydrogen-bond acceptors (Lipinski definition) is 6. The number of nitro groups is 1. The number of nitro benzene ring substituents is 1. The third-order valence-corrected chi connectivity index (χ3v) is 6.69. The van der Waals surface area contributed by atoms with Crippen LogP contribution >= 0.6 is 0 Å². The van der Waals surface area contributed by atoms with Crippen molar-refractivity contribution in [1.29, 1.82) is 0 Å². The minimum atomic E-state index is -0.755. The van der Waals surface area contributed by atoms with Gasteiger partial charge in [0.25, 0.3) is 5.69 Å². The number of carboxylic acids is 1. The molecule has 1 aromatic rings. The predicted octanol–water partition coefficient (Wildman–Crippen LogP) is 3.63. The fourth-order valence-electron chi connectivity index (χ4n) is 4.72. The van der Waals surface area contributed by atoms with E-state index in [0.717, 1.165) is 38.0 Å². The molecule has 1 saturated heterocycles. The van der Waals surface area contributed by atoms with Crippen molar-refractivity contribution in [3.63, 3.8) is 0 Å². The average Bonchev–Trinajstić information content (AvgIpc) is 2.68. The maximum Gasteiger partial charge on any atom is 0.306 e. The van der Waals surface area contributed by atoms with Crippen molar-refractivity contribution in [3.8, 4) is 0 Å². The van der Waals surface area contributed by atoms with Crippen LogP contribution in [0.2, 0.25) is 0 Å². The number of rotatable bonds is 7. The Bertz CT molecular complexity index is 761. The fraction of sp³-hybridized carbons (Fsp3) is 0.682. The van der Waals surface area contributed by atoms with Gasteiger partial charge < -0.3 is 15.5 Å². The average molecular weight is 420 g/mol. The molecule has 8 heteroatoms. The van der Waals surface area contributed by atoms with Gasteiger partial charge in [0.2, 0.25) is 0 Å². The van der Waals surface area contributed by atoms with Crippen molar-refractivity contribution < 1.29 is 19.9 Å². The minimum Gasteiger partial charge on any atom is -0.481 e. The normalized spacial score (nSPS) is 23.8. The van der Waals surface area contributed by atoms with E-state index >= 15 is 0 Å². The van der Waals surface area contributed by atoms with Gasteiger partial charge in [0.05, 0.1) is 16.4 Å². The molecule has 0 atom stereocenters. The summed E-state index contributed by atoms with van der Waals surface area (Å²) in [7, 11) is 0. The van der Waals surface area contributed by atoms with Gasteiger partial charge in [-0.05, 0) is 83.0 Å². The highest BCUT2D eigenvalue weighted by atomic mass is 16.6. The molecule has 2 aliphatic rings. The topological polar surface area (TPSA) is 116 Å². The maximum atomic E-state index is 11.5. The molecule has 1 saturated carbocycles. The highest BCUT2D eigenvalue weighted by Gasteiger charge is 2.31. The van der Waals surface area contributed by atoms with Gasteiger partial charge in [0.1, 0.15) is 5.69 Å². The molecule has 0 amide bonds. The van der Waals surface area contributed by atoms with Gasteiger partial charge in [-0.2, -0.15) is 0 Å². The van der Waals surface area contributed by atoms with E-state index in [1.165, 1.54) is 0 Å². The number of nitrogens with zero attached hydrogens (tertiary/aromatic N) is 2. The summed E-state index contributed by atoms with van der Waals surface area (Å²) in [5, 5.41) is 34.2. The summed E-state index contributed by atoms with van der Waals surface area (Å²) in [5.41, 5.74) is 0.933. The van der Waals surface area contributed by atoms with Gasteiger partial charge in [-0.15, -0.1) is 0 Å². The molecular formula is C22H33N3O5. The van der Waals surface area contributed by atoms with Gasteiger partial charge in [0.15, 0.2) is 0 Å². The summed E-state index contributed by atoms with van der Waals surface area (Å²) in [6.45, 7) is 6.25. The second kappa shape index (κ2) is 9.31. The number of benzene rings is 1. The van der Waals surface area contributed by atoms with Crippen LogP contribution in [0.5, 0.6) is 0 Å². The smallest absolute Gasteiger partial charge is 0.306 e. The van der Waals surface area contributed by atoms with E-state index in [-0.39, 0.29) is 22.6 Å². The Labute approximate surface area is 177 Å². The van der Waals surface area contributed by atoms with Crippen LogP contribution in [-0.4, -0.2) is 50.7 Å². The van der Waals surface area contributed by atoms with E-state index in [1.54, 1.807) is 6.07 Å². The van der Waals surface area contributed by atoms with Crippen molar-refractivity contribution in [2.24, 2.45) is 11.8 Å². The molecule has 2 fully saturated rings. The Morgan fingerprint density at radius 1 is 1.20 bits per heavy atom. The third kappa shape index (κ3) is 5.70. The van der Waals surface area contributed by atoms with Gasteiger partial charge in [-0.1, -0.05) is 6.07 Å².